The number of nitrogens with zero attached hydrogens (tertiary/aromatic N) is 6. The summed E-state index contributed by atoms with van der Waals surface area (Å²) in [7, 11) is 0. The van der Waals surface area contributed by atoms with Gasteiger partial charge in [0.2, 0.25) is 5.91 Å². The summed E-state index contributed by atoms with van der Waals surface area (Å²) >= 11 is 7.34. The van der Waals surface area contributed by atoms with E-state index >= 15 is 0 Å². The average Bonchev–Trinajstić information content (AvgIpc) is 3.72. The summed E-state index contributed by atoms with van der Waals surface area (Å²) in [4.78, 5) is 37.7. The molecule has 1 fully saturated rings. The van der Waals surface area contributed by atoms with Crippen molar-refractivity contribution in [1.82, 2.24) is 14.5 Å². The van der Waals surface area contributed by atoms with Gasteiger partial charge in [0.1, 0.15) is 0 Å². The zero-order valence-electron chi connectivity index (χ0n) is 24.6. The van der Waals surface area contributed by atoms with Crippen LogP contribution in [0.5, 0.6) is 0 Å². The summed E-state index contributed by atoms with van der Waals surface area (Å²) in [5.41, 5.74) is 5.36. The van der Waals surface area contributed by atoms with Gasteiger partial charge in [-0.05, 0) is 59.7 Å². The molecular weight excluding hydrogens is 604 g/mol. The molecule has 8 nitrogen and oxygen atoms in total. The smallest absolute Gasteiger partial charge is 0.264 e. The fourth-order valence-electron chi connectivity index (χ4n) is 5.45. The Morgan fingerprint density at radius 3 is 2.29 bits per heavy atom. The van der Waals surface area contributed by atoms with Gasteiger partial charge in [-0.3, -0.25) is 9.59 Å². The van der Waals surface area contributed by atoms with Crippen LogP contribution in [0.3, 0.4) is 0 Å². The molecule has 1 aliphatic rings. The van der Waals surface area contributed by atoms with Gasteiger partial charge in [-0.15, -0.1) is 11.3 Å². The van der Waals surface area contributed by atoms with E-state index in [0.717, 1.165) is 41.3 Å². The Balaban J connectivity index is 1.17. The Hall–Kier alpha value is -4.91. The van der Waals surface area contributed by atoms with E-state index in [1.54, 1.807) is 36.8 Å². The topological polar surface area (TPSA) is 85.5 Å². The number of hydrogen-bond donors (Lipinski definition) is 0. The number of halogens is 1. The maximum absolute atomic E-state index is 13.8. The fraction of sp³-hybridized carbons (Fsp3) is 0.200. The largest absolute Gasteiger partial charge is 0.368 e. The van der Waals surface area contributed by atoms with Crippen molar-refractivity contribution in [3.63, 3.8) is 0 Å². The molecule has 3 heterocycles. The van der Waals surface area contributed by atoms with Crippen LogP contribution in [0, 0.1) is 11.3 Å². The van der Waals surface area contributed by atoms with Crippen molar-refractivity contribution in [2.24, 2.45) is 0 Å². The first-order valence-corrected chi connectivity index (χ1v) is 15.9. The number of amides is 2. The average molecular weight is 635 g/mol. The molecule has 226 valence electrons. The highest BCUT2D eigenvalue weighted by atomic mass is 35.5. The molecule has 0 atom stereocenters. The molecule has 0 aliphatic carbocycles. The minimum Gasteiger partial charge on any atom is -0.368 e. The van der Waals surface area contributed by atoms with Crippen LogP contribution in [0.15, 0.2) is 104 Å². The second kappa shape index (κ2) is 13.8. The Morgan fingerprint density at radius 2 is 1.62 bits per heavy atom. The summed E-state index contributed by atoms with van der Waals surface area (Å²) in [6.07, 6.45) is 3.84. The van der Waals surface area contributed by atoms with Gasteiger partial charge in [0.25, 0.3) is 5.91 Å². The molecule has 1 saturated heterocycles. The highest BCUT2D eigenvalue weighted by Crippen LogP contribution is 2.26. The van der Waals surface area contributed by atoms with E-state index in [0.29, 0.717) is 41.0 Å². The number of hydrogen-bond acceptors (Lipinski definition) is 6. The lowest BCUT2D eigenvalue weighted by molar-refractivity contribution is -0.118. The second-order valence-electron chi connectivity index (χ2n) is 10.9. The number of nitriles is 1. The van der Waals surface area contributed by atoms with Crippen molar-refractivity contribution in [1.29, 1.82) is 5.26 Å². The molecule has 6 rings (SSSR count). The Labute approximate surface area is 271 Å². The van der Waals surface area contributed by atoms with E-state index in [4.69, 9.17) is 16.9 Å². The van der Waals surface area contributed by atoms with E-state index in [2.05, 4.69) is 16.0 Å². The normalized spacial score (nSPS) is 13.0. The molecule has 2 aromatic heterocycles. The van der Waals surface area contributed by atoms with Crippen LogP contribution in [0.1, 0.15) is 32.1 Å². The zero-order valence-corrected chi connectivity index (χ0v) is 26.1. The maximum atomic E-state index is 13.8. The van der Waals surface area contributed by atoms with E-state index in [9.17, 15) is 9.59 Å². The van der Waals surface area contributed by atoms with Crippen LogP contribution in [-0.4, -0.2) is 52.4 Å². The predicted octanol–water partition coefficient (Wildman–Crippen LogP) is 6.26. The van der Waals surface area contributed by atoms with Crippen molar-refractivity contribution in [3.05, 3.63) is 135 Å². The molecule has 3 aromatic carbocycles. The van der Waals surface area contributed by atoms with Gasteiger partial charge in [-0.1, -0.05) is 54.1 Å². The number of imidazole rings is 1. The van der Waals surface area contributed by atoms with Crippen LogP contribution in [0.4, 0.5) is 11.4 Å². The Kier molecular flexibility index (Phi) is 9.24. The standard InChI is InChI=1S/C35H31ClN6O2S/c36-33-15-14-32(45-33)35(44)40-18-16-39(17-19-40)29-10-12-30(13-11-29)42(34(43)20-26-4-2-1-3-5-26)24-31-22-38-25-41(31)23-28-8-6-27(21-37)7-9-28/h1-15,22,25H,16-20,23-24H2. The third kappa shape index (κ3) is 7.26. The predicted molar refractivity (Wildman–Crippen MR) is 178 cm³/mol. The van der Waals surface area contributed by atoms with Crippen molar-refractivity contribution in [2.45, 2.75) is 19.5 Å². The number of piperazine rings is 1. The van der Waals surface area contributed by atoms with Crippen LogP contribution in [-0.2, 0) is 24.3 Å². The third-order valence-corrected chi connectivity index (χ3v) is 9.15. The van der Waals surface area contributed by atoms with Crippen molar-refractivity contribution in [2.75, 3.05) is 36.0 Å². The molecule has 0 unspecified atom stereocenters. The summed E-state index contributed by atoms with van der Waals surface area (Å²) in [5.74, 6) is 0.00812. The monoisotopic (exact) mass is 634 g/mol. The number of aromatic nitrogens is 2. The van der Waals surface area contributed by atoms with Crippen LogP contribution >= 0.6 is 22.9 Å². The number of benzene rings is 3. The van der Waals surface area contributed by atoms with E-state index in [1.807, 2.05) is 81.1 Å². The van der Waals surface area contributed by atoms with Crippen molar-refractivity contribution < 1.29 is 9.59 Å². The SMILES string of the molecule is N#Cc1ccc(Cn2cncc2CN(C(=O)Cc2ccccc2)c2ccc(N3CCN(C(=O)c4ccc(Cl)s4)CC3)cc2)cc1. The molecule has 0 bridgehead atoms. The minimum atomic E-state index is -0.0131. The highest BCUT2D eigenvalue weighted by molar-refractivity contribution is 7.17. The van der Waals surface area contributed by atoms with Gasteiger partial charge >= 0.3 is 0 Å². The summed E-state index contributed by atoms with van der Waals surface area (Å²) < 4.78 is 2.65. The number of carbonyl (C=O) groups is 2. The van der Waals surface area contributed by atoms with Crippen LogP contribution in [0.2, 0.25) is 4.34 Å². The van der Waals surface area contributed by atoms with Crippen molar-refractivity contribution >= 4 is 46.1 Å². The fourth-order valence-corrected chi connectivity index (χ4v) is 6.46. The number of thiophene rings is 1. The molecule has 5 aromatic rings. The van der Waals surface area contributed by atoms with Gasteiger partial charge in [-0.25, -0.2) is 4.98 Å². The van der Waals surface area contributed by atoms with Gasteiger partial charge < -0.3 is 19.3 Å². The molecule has 0 spiro atoms. The summed E-state index contributed by atoms with van der Waals surface area (Å²) in [6.45, 7) is 3.62. The molecule has 0 saturated carbocycles. The van der Waals surface area contributed by atoms with E-state index < -0.39 is 0 Å². The van der Waals surface area contributed by atoms with Crippen LogP contribution < -0.4 is 9.80 Å². The van der Waals surface area contributed by atoms with Crippen LogP contribution in [0.25, 0.3) is 0 Å². The molecular formula is C35H31ClN6O2S. The summed E-state index contributed by atoms with van der Waals surface area (Å²) in [5, 5.41) is 9.13. The molecule has 10 heteroatoms. The quantitative estimate of drug-likeness (QED) is 0.191. The number of anilines is 2. The maximum Gasteiger partial charge on any atom is 0.264 e. The Morgan fingerprint density at radius 1 is 0.889 bits per heavy atom. The lowest BCUT2D eigenvalue weighted by atomic mass is 10.1. The molecule has 0 radical (unpaired) electrons. The lowest BCUT2D eigenvalue weighted by Gasteiger charge is -2.36. The van der Waals surface area contributed by atoms with Gasteiger partial charge in [0.15, 0.2) is 0 Å². The van der Waals surface area contributed by atoms with E-state index in [-0.39, 0.29) is 18.2 Å². The van der Waals surface area contributed by atoms with Gasteiger partial charge in [-0.2, -0.15) is 5.26 Å². The molecule has 45 heavy (non-hydrogen) atoms. The van der Waals surface area contributed by atoms with Crippen molar-refractivity contribution in [3.8, 4) is 6.07 Å². The molecule has 2 amide bonds. The first-order valence-electron chi connectivity index (χ1n) is 14.7. The highest BCUT2D eigenvalue weighted by Gasteiger charge is 2.24. The first kappa shape index (κ1) is 30.1. The number of carbonyl (C=O) groups excluding carboxylic acids is 2. The number of rotatable bonds is 9. The summed E-state index contributed by atoms with van der Waals surface area (Å²) in [6, 6.07) is 31.0. The van der Waals surface area contributed by atoms with Gasteiger partial charge in [0.05, 0.1) is 45.8 Å². The zero-order chi connectivity index (χ0) is 31.2. The third-order valence-electron chi connectivity index (χ3n) is 7.93. The van der Waals surface area contributed by atoms with Gasteiger partial charge in [0, 0.05) is 50.3 Å². The molecule has 0 N–H and O–H groups in total. The first-order chi connectivity index (χ1) is 22.0. The molecule has 1 aliphatic heterocycles. The second-order valence-corrected chi connectivity index (χ2v) is 12.6. The Bertz CT molecular complexity index is 1800. The van der Waals surface area contributed by atoms with E-state index in [1.165, 1.54) is 11.3 Å². The minimum absolute atomic E-state index is 0.0131. The lowest BCUT2D eigenvalue weighted by Crippen LogP contribution is -2.48.